The number of rotatable bonds is 10. The molecule has 0 aromatic carbocycles. The maximum Gasteiger partial charge on any atom is 0.293 e. The summed E-state index contributed by atoms with van der Waals surface area (Å²) in [6.45, 7) is 17.3. The maximum absolute atomic E-state index is 13.3. The van der Waals surface area contributed by atoms with Crippen molar-refractivity contribution >= 4 is 30.7 Å². The van der Waals surface area contributed by atoms with E-state index in [0.717, 1.165) is 60.7 Å². The standard InChI is InChI=1S/C27H40N6O2Si/c1-28-17-32-18-33(22-9-5-20(6-10-22)15-29-21-7-8-21)25-23-11-12-31(19-35-13-14-36(2,3)4)26(23)30-16-24(25)27(32)34/h11-12,16,20-22,29H,5-10,13-15,17-19H2,2-4H3. The van der Waals surface area contributed by atoms with Gasteiger partial charge in [0.1, 0.15) is 19.0 Å². The number of ether oxygens (including phenoxy) is 1. The predicted molar refractivity (Wildman–Crippen MR) is 146 cm³/mol. The monoisotopic (exact) mass is 508 g/mol. The molecular formula is C27H40N6O2Si. The molecule has 5 rings (SSSR count). The maximum atomic E-state index is 13.3. The van der Waals surface area contributed by atoms with Gasteiger partial charge in [-0.3, -0.25) is 14.5 Å². The van der Waals surface area contributed by atoms with E-state index in [4.69, 9.17) is 16.3 Å². The Bertz CT molecular complexity index is 1120. The van der Waals surface area contributed by atoms with Gasteiger partial charge in [-0.15, -0.1) is 0 Å². The van der Waals surface area contributed by atoms with Gasteiger partial charge in [-0.1, -0.05) is 19.6 Å². The average molecular weight is 509 g/mol. The van der Waals surface area contributed by atoms with Crippen LogP contribution in [0.3, 0.4) is 0 Å². The summed E-state index contributed by atoms with van der Waals surface area (Å²) < 4.78 is 8.06. The molecule has 2 saturated carbocycles. The second kappa shape index (κ2) is 10.5. The minimum Gasteiger partial charge on any atom is -0.361 e. The Hall–Kier alpha value is -2.41. The summed E-state index contributed by atoms with van der Waals surface area (Å²) in [5, 5.41) is 4.71. The largest absolute Gasteiger partial charge is 0.361 e. The van der Waals surface area contributed by atoms with Crippen LogP contribution in [0, 0.1) is 12.5 Å². The van der Waals surface area contributed by atoms with Crippen LogP contribution in [0.2, 0.25) is 25.7 Å². The first kappa shape index (κ1) is 25.2. The fourth-order valence-corrected chi connectivity index (χ4v) is 6.26. The number of nitrogens with zero attached hydrogens (tertiary/aromatic N) is 5. The number of hydrogen-bond acceptors (Lipinski definition) is 5. The molecule has 2 fully saturated rings. The molecule has 3 heterocycles. The molecule has 2 aromatic heterocycles. The molecule has 0 spiro atoms. The first-order valence-corrected chi connectivity index (χ1v) is 17.2. The fraction of sp³-hybridized carbons (Fsp3) is 0.667. The molecule has 0 unspecified atom stereocenters. The van der Waals surface area contributed by atoms with Gasteiger partial charge in [0, 0.05) is 44.5 Å². The number of carbonyl (C=O) groups excluding carboxylic acids is 1. The van der Waals surface area contributed by atoms with E-state index >= 15 is 0 Å². The molecule has 8 nitrogen and oxygen atoms in total. The summed E-state index contributed by atoms with van der Waals surface area (Å²) in [5.74, 6) is 0.645. The first-order chi connectivity index (χ1) is 17.3. The Morgan fingerprint density at radius 1 is 1.19 bits per heavy atom. The molecule has 0 saturated heterocycles. The summed E-state index contributed by atoms with van der Waals surface area (Å²) in [7, 11) is -1.14. The van der Waals surface area contributed by atoms with E-state index in [1.165, 1.54) is 25.7 Å². The van der Waals surface area contributed by atoms with Crippen molar-refractivity contribution in [3.8, 4) is 0 Å². The van der Waals surface area contributed by atoms with Crippen LogP contribution in [0.1, 0.15) is 48.9 Å². The van der Waals surface area contributed by atoms with E-state index in [1.54, 1.807) is 11.1 Å². The first-order valence-electron chi connectivity index (χ1n) is 13.5. The Balaban J connectivity index is 1.36. The number of carbonyl (C=O) groups is 1. The van der Waals surface area contributed by atoms with Crippen molar-refractivity contribution in [1.82, 2.24) is 19.8 Å². The van der Waals surface area contributed by atoms with Gasteiger partial charge in [0.05, 0.1) is 11.3 Å². The summed E-state index contributed by atoms with van der Waals surface area (Å²) >= 11 is 0. The lowest BCUT2D eigenvalue weighted by Gasteiger charge is -2.43. The van der Waals surface area contributed by atoms with Crippen LogP contribution in [-0.4, -0.2) is 67.0 Å². The second-order valence-electron chi connectivity index (χ2n) is 12.0. The second-order valence-corrected chi connectivity index (χ2v) is 17.6. The highest BCUT2D eigenvalue weighted by Crippen LogP contribution is 2.39. The van der Waals surface area contributed by atoms with E-state index in [-0.39, 0.29) is 12.6 Å². The van der Waals surface area contributed by atoms with E-state index < -0.39 is 8.07 Å². The SMILES string of the molecule is [C-]#[N+]CN1CN(C2CCC(CNC3CC3)CC2)c2c(cnc3c2ccn3COCC[Si](C)(C)C)C1=O. The van der Waals surface area contributed by atoms with Crippen molar-refractivity contribution in [2.45, 2.75) is 83.0 Å². The van der Waals surface area contributed by atoms with Crippen LogP contribution in [0.4, 0.5) is 5.69 Å². The number of anilines is 1. The van der Waals surface area contributed by atoms with Crippen LogP contribution < -0.4 is 10.2 Å². The van der Waals surface area contributed by atoms with E-state index in [2.05, 4.69) is 45.3 Å². The molecule has 1 aliphatic heterocycles. The molecule has 0 radical (unpaired) electrons. The minimum atomic E-state index is -1.14. The average Bonchev–Trinajstić information content (AvgIpc) is 3.60. The third-order valence-corrected chi connectivity index (χ3v) is 9.59. The van der Waals surface area contributed by atoms with E-state index in [9.17, 15) is 4.79 Å². The molecular weight excluding hydrogens is 468 g/mol. The molecule has 2 aromatic rings. The van der Waals surface area contributed by atoms with Gasteiger partial charge in [-0.25, -0.2) is 11.6 Å². The van der Waals surface area contributed by atoms with Gasteiger partial charge in [-0.05, 0) is 63.1 Å². The van der Waals surface area contributed by atoms with Crippen molar-refractivity contribution in [1.29, 1.82) is 0 Å². The van der Waals surface area contributed by atoms with Crippen LogP contribution >= 0.6 is 0 Å². The Kier molecular flexibility index (Phi) is 7.38. The predicted octanol–water partition coefficient (Wildman–Crippen LogP) is 4.76. The number of fused-ring (bicyclic) bond motifs is 3. The van der Waals surface area contributed by atoms with Gasteiger partial charge >= 0.3 is 0 Å². The van der Waals surface area contributed by atoms with Crippen molar-refractivity contribution < 1.29 is 9.53 Å². The van der Waals surface area contributed by atoms with Gasteiger partial charge in [0.25, 0.3) is 12.6 Å². The number of hydrogen-bond donors (Lipinski definition) is 1. The van der Waals surface area contributed by atoms with Crippen LogP contribution in [0.25, 0.3) is 15.9 Å². The quantitative estimate of drug-likeness (QED) is 0.285. The molecule has 3 aliphatic rings. The lowest BCUT2D eigenvalue weighted by molar-refractivity contribution is 0.0750. The van der Waals surface area contributed by atoms with Crippen molar-refractivity contribution in [2.75, 3.05) is 31.4 Å². The molecule has 0 bridgehead atoms. The van der Waals surface area contributed by atoms with E-state index in [0.29, 0.717) is 25.0 Å². The minimum absolute atomic E-state index is 0.0827. The third kappa shape index (κ3) is 5.61. The van der Waals surface area contributed by atoms with Gasteiger partial charge in [-0.2, -0.15) is 0 Å². The lowest BCUT2D eigenvalue weighted by Crippen LogP contribution is -2.51. The lowest BCUT2D eigenvalue weighted by atomic mass is 9.84. The zero-order valence-electron chi connectivity index (χ0n) is 22.0. The zero-order valence-corrected chi connectivity index (χ0v) is 23.0. The molecule has 1 amide bonds. The Morgan fingerprint density at radius 3 is 2.67 bits per heavy atom. The number of amides is 1. The highest BCUT2D eigenvalue weighted by molar-refractivity contribution is 6.76. The topological polar surface area (TPSA) is 67.0 Å². The van der Waals surface area contributed by atoms with Crippen LogP contribution in [-0.2, 0) is 11.5 Å². The summed E-state index contributed by atoms with van der Waals surface area (Å²) in [6, 6.07) is 4.34. The Morgan fingerprint density at radius 2 is 1.97 bits per heavy atom. The number of aromatic nitrogens is 2. The molecule has 36 heavy (non-hydrogen) atoms. The molecule has 2 aliphatic carbocycles. The highest BCUT2D eigenvalue weighted by Gasteiger charge is 2.37. The smallest absolute Gasteiger partial charge is 0.293 e. The van der Waals surface area contributed by atoms with Gasteiger partial charge < -0.3 is 19.5 Å². The van der Waals surface area contributed by atoms with E-state index in [1.807, 2.05) is 6.20 Å². The van der Waals surface area contributed by atoms with Crippen LogP contribution in [0.5, 0.6) is 0 Å². The van der Waals surface area contributed by atoms with Gasteiger partial charge in [0.2, 0.25) is 0 Å². The summed E-state index contributed by atoms with van der Waals surface area (Å²) in [6.07, 6.45) is 11.0. The number of nitrogens with one attached hydrogen (secondary N) is 1. The number of pyridine rings is 1. The van der Waals surface area contributed by atoms with Crippen molar-refractivity contribution in [2.24, 2.45) is 5.92 Å². The van der Waals surface area contributed by atoms with Crippen LogP contribution in [0.15, 0.2) is 18.5 Å². The molecule has 1 N–H and O–H groups in total. The third-order valence-electron chi connectivity index (χ3n) is 7.89. The normalized spacial score (nSPS) is 22.7. The molecule has 0 atom stereocenters. The summed E-state index contributed by atoms with van der Waals surface area (Å²) in [5.41, 5.74) is 2.47. The van der Waals surface area contributed by atoms with Crippen molar-refractivity contribution in [3.05, 3.63) is 35.4 Å². The molecule has 194 valence electrons. The molecule has 9 heteroatoms. The zero-order chi connectivity index (χ0) is 25.3. The van der Waals surface area contributed by atoms with Crippen molar-refractivity contribution in [3.63, 3.8) is 0 Å². The highest BCUT2D eigenvalue weighted by atomic mass is 28.3. The fourth-order valence-electron chi connectivity index (χ4n) is 5.50. The Labute approximate surface area is 215 Å². The summed E-state index contributed by atoms with van der Waals surface area (Å²) in [4.78, 5) is 25.6. The van der Waals surface area contributed by atoms with Gasteiger partial charge in [0.15, 0.2) is 0 Å².